The van der Waals surface area contributed by atoms with Gasteiger partial charge in [-0.15, -0.1) is 0 Å². The molecule has 0 saturated carbocycles. The van der Waals surface area contributed by atoms with Gasteiger partial charge in [0.05, 0.1) is 37.2 Å². The van der Waals surface area contributed by atoms with Gasteiger partial charge in [0, 0.05) is 6.07 Å². The summed E-state index contributed by atoms with van der Waals surface area (Å²) >= 11 is 6.14. The Hall–Kier alpha value is -2.60. The summed E-state index contributed by atoms with van der Waals surface area (Å²) in [6.45, 7) is 0.889. The van der Waals surface area contributed by atoms with E-state index in [4.69, 9.17) is 25.8 Å². The van der Waals surface area contributed by atoms with Crippen LogP contribution in [-0.4, -0.2) is 33.4 Å². The molecular formula is C17H17ClN2O4. The van der Waals surface area contributed by atoms with Gasteiger partial charge in [0.25, 0.3) is 0 Å². The molecule has 2 amide bonds. The molecule has 3 rings (SSSR count). The highest BCUT2D eigenvalue weighted by Crippen LogP contribution is 2.37. The minimum Gasteiger partial charge on any atom is -0.495 e. The van der Waals surface area contributed by atoms with Crippen LogP contribution in [0.3, 0.4) is 0 Å². The fourth-order valence-electron chi connectivity index (χ4n) is 2.52. The SMILES string of the molecule is COc1cc(OC)c(NC(=O)N2CCOc3ccccc32)cc1Cl. The number of rotatable bonds is 3. The van der Waals surface area contributed by atoms with Crippen molar-refractivity contribution in [3.8, 4) is 17.2 Å². The molecule has 1 heterocycles. The largest absolute Gasteiger partial charge is 0.495 e. The Bertz CT molecular complexity index is 766. The summed E-state index contributed by atoms with van der Waals surface area (Å²) in [7, 11) is 3.03. The highest BCUT2D eigenvalue weighted by molar-refractivity contribution is 6.32. The van der Waals surface area contributed by atoms with Crippen molar-refractivity contribution in [1.82, 2.24) is 0 Å². The van der Waals surface area contributed by atoms with Crippen LogP contribution in [0.4, 0.5) is 16.2 Å². The zero-order chi connectivity index (χ0) is 17.1. The first-order valence-electron chi connectivity index (χ1n) is 7.36. The van der Waals surface area contributed by atoms with Gasteiger partial charge >= 0.3 is 6.03 Å². The monoisotopic (exact) mass is 348 g/mol. The van der Waals surface area contributed by atoms with Crippen LogP contribution in [0, 0.1) is 0 Å². The normalized spacial score (nSPS) is 12.9. The molecule has 2 aromatic rings. The van der Waals surface area contributed by atoms with Crippen molar-refractivity contribution in [2.75, 3.05) is 37.6 Å². The Morgan fingerprint density at radius 2 is 1.96 bits per heavy atom. The Morgan fingerprint density at radius 3 is 2.71 bits per heavy atom. The van der Waals surface area contributed by atoms with Crippen LogP contribution in [0.25, 0.3) is 0 Å². The number of hydrogen-bond acceptors (Lipinski definition) is 4. The first-order valence-corrected chi connectivity index (χ1v) is 7.73. The maximum Gasteiger partial charge on any atom is 0.326 e. The fraction of sp³-hybridized carbons (Fsp3) is 0.235. The van der Waals surface area contributed by atoms with Gasteiger partial charge in [-0.25, -0.2) is 4.79 Å². The lowest BCUT2D eigenvalue weighted by Crippen LogP contribution is -2.40. The molecule has 1 N–H and O–H groups in total. The number of urea groups is 1. The molecule has 1 aliphatic heterocycles. The Balaban J connectivity index is 1.87. The lowest BCUT2D eigenvalue weighted by molar-refractivity contribution is 0.250. The van der Waals surface area contributed by atoms with Crippen LogP contribution in [0.5, 0.6) is 17.2 Å². The molecule has 0 fully saturated rings. The topological polar surface area (TPSA) is 60.0 Å². The van der Waals surface area contributed by atoms with E-state index in [1.54, 1.807) is 17.0 Å². The number of ether oxygens (including phenoxy) is 3. The summed E-state index contributed by atoms with van der Waals surface area (Å²) in [5.41, 5.74) is 1.19. The zero-order valence-corrected chi connectivity index (χ0v) is 14.1. The highest BCUT2D eigenvalue weighted by atomic mass is 35.5. The average Bonchev–Trinajstić information content (AvgIpc) is 2.61. The number of halogens is 1. The Labute approximate surface area is 144 Å². The van der Waals surface area contributed by atoms with Crippen molar-refractivity contribution in [1.29, 1.82) is 0 Å². The van der Waals surface area contributed by atoms with Crippen LogP contribution in [0.2, 0.25) is 5.02 Å². The van der Waals surface area contributed by atoms with Gasteiger partial charge in [-0.05, 0) is 18.2 Å². The smallest absolute Gasteiger partial charge is 0.326 e. The van der Waals surface area contributed by atoms with E-state index in [0.29, 0.717) is 41.1 Å². The molecule has 0 aliphatic carbocycles. The summed E-state index contributed by atoms with van der Waals surface area (Å²) in [6, 6.07) is 10.3. The maximum atomic E-state index is 12.7. The van der Waals surface area contributed by atoms with E-state index >= 15 is 0 Å². The van der Waals surface area contributed by atoms with Gasteiger partial charge in [-0.1, -0.05) is 23.7 Å². The van der Waals surface area contributed by atoms with Crippen molar-refractivity contribution < 1.29 is 19.0 Å². The molecule has 2 aromatic carbocycles. The molecule has 7 heteroatoms. The minimum absolute atomic E-state index is 0.287. The number of nitrogens with zero attached hydrogens (tertiary/aromatic N) is 1. The Morgan fingerprint density at radius 1 is 1.21 bits per heavy atom. The van der Waals surface area contributed by atoms with Gasteiger partial charge < -0.3 is 19.5 Å². The lowest BCUT2D eigenvalue weighted by atomic mass is 10.2. The van der Waals surface area contributed by atoms with Gasteiger partial charge in [0.2, 0.25) is 0 Å². The lowest BCUT2D eigenvalue weighted by Gasteiger charge is -2.29. The van der Waals surface area contributed by atoms with E-state index in [-0.39, 0.29) is 6.03 Å². The summed E-state index contributed by atoms with van der Waals surface area (Å²) in [6.07, 6.45) is 0. The number of carbonyl (C=O) groups excluding carboxylic acids is 1. The molecule has 0 spiro atoms. The molecule has 24 heavy (non-hydrogen) atoms. The van der Waals surface area contributed by atoms with E-state index in [1.807, 2.05) is 24.3 Å². The highest BCUT2D eigenvalue weighted by Gasteiger charge is 2.24. The minimum atomic E-state index is -0.287. The predicted octanol–water partition coefficient (Wildman–Crippen LogP) is 3.79. The predicted molar refractivity (Wildman–Crippen MR) is 92.9 cm³/mol. The number of fused-ring (bicyclic) bond motifs is 1. The zero-order valence-electron chi connectivity index (χ0n) is 13.3. The standard InChI is InChI=1S/C17H17ClN2O4/c1-22-15-10-16(23-2)12(9-11(15)18)19-17(21)20-7-8-24-14-6-4-3-5-13(14)20/h3-6,9-10H,7-8H2,1-2H3,(H,19,21). The van der Waals surface area contributed by atoms with Crippen molar-refractivity contribution in [2.45, 2.75) is 0 Å². The van der Waals surface area contributed by atoms with E-state index in [0.717, 1.165) is 5.69 Å². The van der Waals surface area contributed by atoms with Gasteiger partial charge in [0.15, 0.2) is 0 Å². The van der Waals surface area contributed by atoms with Crippen molar-refractivity contribution >= 4 is 29.0 Å². The molecule has 0 unspecified atom stereocenters. The number of carbonyl (C=O) groups is 1. The van der Waals surface area contributed by atoms with Crippen molar-refractivity contribution in [2.24, 2.45) is 0 Å². The molecule has 0 bridgehead atoms. The number of benzene rings is 2. The second-order valence-electron chi connectivity index (χ2n) is 5.09. The van der Waals surface area contributed by atoms with E-state index in [2.05, 4.69) is 5.32 Å². The number of nitrogens with one attached hydrogen (secondary N) is 1. The summed E-state index contributed by atoms with van der Waals surface area (Å²) in [5, 5.41) is 3.22. The van der Waals surface area contributed by atoms with Crippen LogP contribution < -0.4 is 24.4 Å². The number of hydrogen-bond donors (Lipinski definition) is 1. The van der Waals surface area contributed by atoms with E-state index < -0.39 is 0 Å². The molecule has 6 nitrogen and oxygen atoms in total. The summed E-state index contributed by atoms with van der Waals surface area (Å²) in [4.78, 5) is 14.3. The number of methoxy groups -OCH3 is 2. The van der Waals surface area contributed by atoms with Gasteiger partial charge in [-0.3, -0.25) is 4.90 Å². The molecule has 0 aromatic heterocycles. The Kier molecular flexibility index (Phi) is 4.66. The molecule has 0 saturated heterocycles. The third-order valence-electron chi connectivity index (χ3n) is 3.69. The maximum absolute atomic E-state index is 12.7. The molecule has 0 radical (unpaired) electrons. The molecular weight excluding hydrogens is 332 g/mol. The van der Waals surface area contributed by atoms with Crippen LogP contribution in [0.15, 0.2) is 36.4 Å². The number of amides is 2. The van der Waals surface area contributed by atoms with Crippen molar-refractivity contribution in [3.63, 3.8) is 0 Å². The summed E-state index contributed by atoms with van der Waals surface area (Å²) < 4.78 is 16.0. The number of para-hydroxylation sites is 2. The average molecular weight is 349 g/mol. The third-order valence-corrected chi connectivity index (χ3v) is 3.98. The number of anilines is 2. The van der Waals surface area contributed by atoms with Gasteiger partial charge in [0.1, 0.15) is 23.9 Å². The van der Waals surface area contributed by atoms with Crippen LogP contribution in [-0.2, 0) is 0 Å². The van der Waals surface area contributed by atoms with E-state index in [1.165, 1.54) is 14.2 Å². The quantitative estimate of drug-likeness (QED) is 0.916. The second-order valence-corrected chi connectivity index (χ2v) is 5.49. The van der Waals surface area contributed by atoms with Crippen LogP contribution in [0.1, 0.15) is 0 Å². The summed E-state index contributed by atoms with van der Waals surface area (Å²) in [5.74, 6) is 1.62. The first kappa shape index (κ1) is 16.3. The van der Waals surface area contributed by atoms with Crippen LogP contribution >= 0.6 is 11.6 Å². The molecule has 1 aliphatic rings. The molecule has 0 atom stereocenters. The first-order chi connectivity index (χ1) is 11.6. The second kappa shape index (κ2) is 6.88. The third kappa shape index (κ3) is 3.05. The molecule has 126 valence electrons. The van der Waals surface area contributed by atoms with Gasteiger partial charge in [-0.2, -0.15) is 0 Å². The van der Waals surface area contributed by atoms with E-state index in [9.17, 15) is 4.79 Å². The fourth-order valence-corrected chi connectivity index (χ4v) is 2.76. The van der Waals surface area contributed by atoms with Crippen molar-refractivity contribution in [3.05, 3.63) is 41.4 Å².